The van der Waals surface area contributed by atoms with Crippen LogP contribution in [0, 0.1) is 6.92 Å². The molecule has 0 atom stereocenters. The van der Waals surface area contributed by atoms with E-state index in [1.165, 1.54) is 0 Å². The van der Waals surface area contributed by atoms with Gasteiger partial charge in [-0.2, -0.15) is 5.10 Å². The van der Waals surface area contributed by atoms with E-state index in [4.69, 9.17) is 9.72 Å². The first-order valence-electron chi connectivity index (χ1n) is 8.21. The fourth-order valence-electron chi connectivity index (χ4n) is 3.05. The maximum Gasteiger partial charge on any atom is 0.160 e. The van der Waals surface area contributed by atoms with E-state index in [0.717, 1.165) is 58.6 Å². The molecule has 0 aliphatic heterocycles. The molecule has 0 saturated heterocycles. The summed E-state index contributed by atoms with van der Waals surface area (Å²) in [6.07, 6.45) is 1.08. The molecule has 1 N–H and O–H groups in total. The Kier molecular flexibility index (Phi) is 7.93. The van der Waals surface area contributed by atoms with Gasteiger partial charge in [0.25, 0.3) is 0 Å². The van der Waals surface area contributed by atoms with Crippen LogP contribution in [-0.4, -0.2) is 54.0 Å². The van der Waals surface area contributed by atoms with E-state index in [0.29, 0.717) is 0 Å². The van der Waals surface area contributed by atoms with Crippen molar-refractivity contribution < 1.29 is 4.74 Å². The number of methoxy groups -OCH3 is 1. The van der Waals surface area contributed by atoms with Gasteiger partial charge in [0.2, 0.25) is 0 Å². The van der Waals surface area contributed by atoms with Crippen LogP contribution in [0.3, 0.4) is 0 Å². The zero-order valence-electron chi connectivity index (χ0n) is 15.9. The number of rotatable bonds is 6. The highest BCUT2D eigenvalue weighted by Gasteiger charge is 2.15. The van der Waals surface area contributed by atoms with Crippen molar-refractivity contribution in [1.29, 1.82) is 0 Å². The molecule has 0 amide bonds. The molecule has 0 saturated carbocycles. The minimum atomic E-state index is 0. The molecule has 26 heavy (non-hydrogen) atoms. The van der Waals surface area contributed by atoms with E-state index < -0.39 is 0 Å². The summed E-state index contributed by atoms with van der Waals surface area (Å²) in [5.41, 5.74) is 3.91. The van der Waals surface area contributed by atoms with Gasteiger partial charge in [-0.1, -0.05) is 0 Å². The van der Waals surface area contributed by atoms with Crippen molar-refractivity contribution in [2.75, 3.05) is 39.6 Å². The lowest BCUT2D eigenvalue weighted by Crippen LogP contribution is -2.16. The molecule has 3 aromatic rings. The molecule has 0 unspecified atom stereocenters. The highest BCUT2D eigenvalue weighted by molar-refractivity contribution is 6.07. The van der Waals surface area contributed by atoms with Crippen LogP contribution in [0.25, 0.3) is 21.9 Å². The molecule has 2 aromatic heterocycles. The van der Waals surface area contributed by atoms with Crippen molar-refractivity contribution in [1.82, 2.24) is 19.7 Å². The average Bonchev–Trinajstić information content (AvgIpc) is 2.84. The van der Waals surface area contributed by atoms with E-state index >= 15 is 0 Å². The number of halogens is 2. The molecule has 0 aliphatic carbocycles. The van der Waals surface area contributed by atoms with Crippen molar-refractivity contribution in [3.05, 3.63) is 23.9 Å². The zero-order chi connectivity index (χ0) is 17.3. The van der Waals surface area contributed by atoms with Crippen LogP contribution < -0.4 is 10.1 Å². The third-order valence-corrected chi connectivity index (χ3v) is 4.23. The standard InChI is InChI=1S/C18H25N5O.2ClH/c1-12-16-17(19-9-6-10-22(2)3)14-8-7-13(24-5)11-15(14)20-18(16)23(4)21-12;;/h7-8,11H,6,9-10H2,1-5H3,(H,19,20);2*1H. The summed E-state index contributed by atoms with van der Waals surface area (Å²) in [5.74, 6) is 0.812. The number of hydrogen-bond acceptors (Lipinski definition) is 5. The first kappa shape index (κ1) is 22.3. The van der Waals surface area contributed by atoms with Gasteiger partial charge >= 0.3 is 0 Å². The minimum absolute atomic E-state index is 0. The van der Waals surface area contributed by atoms with E-state index in [9.17, 15) is 0 Å². The second-order valence-electron chi connectivity index (χ2n) is 6.36. The smallest absolute Gasteiger partial charge is 0.160 e. The molecule has 0 spiro atoms. The van der Waals surface area contributed by atoms with Crippen molar-refractivity contribution in [3.8, 4) is 5.75 Å². The first-order valence-corrected chi connectivity index (χ1v) is 8.21. The van der Waals surface area contributed by atoms with Gasteiger partial charge < -0.3 is 15.0 Å². The van der Waals surface area contributed by atoms with E-state index in [-0.39, 0.29) is 24.8 Å². The van der Waals surface area contributed by atoms with Crippen LogP contribution in [0.15, 0.2) is 18.2 Å². The number of nitrogens with one attached hydrogen (secondary N) is 1. The molecule has 0 fully saturated rings. The molecule has 0 aliphatic rings. The number of aromatic nitrogens is 3. The SMILES string of the molecule is COc1ccc2c(NCCCN(C)C)c3c(C)nn(C)c3nc2c1.Cl.Cl. The Hall–Kier alpha value is -1.76. The number of nitrogens with zero attached hydrogens (tertiary/aromatic N) is 4. The van der Waals surface area contributed by atoms with E-state index in [2.05, 4.69) is 35.5 Å². The number of benzene rings is 1. The first-order chi connectivity index (χ1) is 11.5. The van der Waals surface area contributed by atoms with Crippen molar-refractivity contribution in [3.63, 3.8) is 0 Å². The normalized spacial score (nSPS) is 10.7. The predicted molar refractivity (Wildman–Crippen MR) is 113 cm³/mol. The molecule has 144 valence electrons. The zero-order valence-corrected chi connectivity index (χ0v) is 17.5. The van der Waals surface area contributed by atoms with Crippen LogP contribution in [0.2, 0.25) is 0 Å². The number of hydrogen-bond donors (Lipinski definition) is 1. The summed E-state index contributed by atoms with van der Waals surface area (Å²) < 4.78 is 7.19. The molecule has 6 nitrogen and oxygen atoms in total. The van der Waals surface area contributed by atoms with Gasteiger partial charge in [-0.3, -0.25) is 4.68 Å². The molecular weight excluding hydrogens is 373 g/mol. The average molecular weight is 400 g/mol. The molecule has 2 heterocycles. The summed E-state index contributed by atoms with van der Waals surface area (Å²) in [4.78, 5) is 6.99. The van der Waals surface area contributed by atoms with Crippen molar-refractivity contribution in [2.45, 2.75) is 13.3 Å². The van der Waals surface area contributed by atoms with Gasteiger partial charge in [0.05, 0.1) is 29.4 Å². The van der Waals surface area contributed by atoms with Gasteiger partial charge in [0, 0.05) is 25.0 Å². The van der Waals surface area contributed by atoms with Gasteiger partial charge in [0.15, 0.2) is 5.65 Å². The molecule has 0 radical (unpaired) electrons. The topological polar surface area (TPSA) is 55.2 Å². The second-order valence-corrected chi connectivity index (χ2v) is 6.36. The van der Waals surface area contributed by atoms with Crippen molar-refractivity contribution >= 4 is 52.4 Å². The predicted octanol–water partition coefficient (Wildman–Crippen LogP) is 3.65. The summed E-state index contributed by atoms with van der Waals surface area (Å²) in [6.45, 7) is 4.00. The summed E-state index contributed by atoms with van der Waals surface area (Å²) in [6, 6.07) is 6.02. The summed E-state index contributed by atoms with van der Waals surface area (Å²) >= 11 is 0. The lowest BCUT2D eigenvalue weighted by atomic mass is 10.1. The summed E-state index contributed by atoms with van der Waals surface area (Å²) in [7, 11) is 7.80. The Bertz CT molecular complexity index is 879. The Morgan fingerprint density at radius 3 is 2.62 bits per heavy atom. The monoisotopic (exact) mass is 399 g/mol. The van der Waals surface area contributed by atoms with Gasteiger partial charge in [-0.15, -0.1) is 24.8 Å². The fraction of sp³-hybridized carbons (Fsp3) is 0.444. The van der Waals surface area contributed by atoms with Crippen molar-refractivity contribution in [2.24, 2.45) is 7.05 Å². The Morgan fingerprint density at radius 1 is 1.23 bits per heavy atom. The number of anilines is 1. The number of ether oxygens (including phenoxy) is 1. The number of fused-ring (bicyclic) bond motifs is 2. The lowest BCUT2D eigenvalue weighted by molar-refractivity contribution is 0.405. The third kappa shape index (κ3) is 4.31. The Morgan fingerprint density at radius 2 is 1.96 bits per heavy atom. The number of aryl methyl sites for hydroxylation is 2. The van der Waals surface area contributed by atoms with Crippen LogP contribution in [0.5, 0.6) is 5.75 Å². The van der Waals surface area contributed by atoms with E-state index in [1.54, 1.807) is 7.11 Å². The third-order valence-electron chi connectivity index (χ3n) is 4.23. The molecule has 8 heteroatoms. The Labute approximate surface area is 166 Å². The molecule has 3 rings (SSSR count). The molecular formula is C18H27Cl2N5O. The largest absolute Gasteiger partial charge is 0.497 e. The van der Waals surface area contributed by atoms with Gasteiger partial charge in [0.1, 0.15) is 5.75 Å². The maximum absolute atomic E-state index is 5.35. The quantitative estimate of drug-likeness (QED) is 0.641. The summed E-state index contributed by atoms with van der Waals surface area (Å²) in [5, 5.41) is 10.4. The van der Waals surface area contributed by atoms with Crippen LogP contribution in [0.1, 0.15) is 12.1 Å². The lowest BCUT2D eigenvalue weighted by Gasteiger charge is -2.14. The van der Waals surface area contributed by atoms with Crippen LogP contribution in [-0.2, 0) is 7.05 Å². The minimum Gasteiger partial charge on any atom is -0.497 e. The van der Waals surface area contributed by atoms with Gasteiger partial charge in [-0.25, -0.2) is 4.98 Å². The Balaban J connectivity index is 0.00000169. The maximum atomic E-state index is 5.35. The van der Waals surface area contributed by atoms with E-state index in [1.807, 2.05) is 30.8 Å². The second kappa shape index (κ2) is 9.26. The highest BCUT2D eigenvalue weighted by Crippen LogP contribution is 2.34. The van der Waals surface area contributed by atoms with Crippen LogP contribution in [0.4, 0.5) is 5.69 Å². The molecule has 0 bridgehead atoms. The molecule has 1 aromatic carbocycles. The van der Waals surface area contributed by atoms with Gasteiger partial charge in [-0.05, 0) is 46.1 Å². The highest BCUT2D eigenvalue weighted by atomic mass is 35.5. The number of pyridine rings is 1. The fourth-order valence-corrected chi connectivity index (χ4v) is 3.05. The van der Waals surface area contributed by atoms with Crippen LogP contribution >= 0.6 is 24.8 Å².